The molecule has 120 valence electrons. The molecule has 0 unspecified atom stereocenters. The van der Waals surface area contributed by atoms with Crippen molar-refractivity contribution in [2.45, 2.75) is 59.9 Å². The summed E-state index contributed by atoms with van der Waals surface area (Å²) in [6, 6.07) is 0.00640. The molecule has 1 atom stereocenters. The van der Waals surface area contributed by atoms with Crippen LogP contribution in [-0.4, -0.2) is 21.1 Å². The number of carbonyl (C=O) groups excluding carboxylic acids is 1. The fourth-order valence-electron chi connectivity index (χ4n) is 2.26. The number of aryl methyl sites for hydroxylation is 4. The number of H-pyrrole nitrogens is 1. The first-order chi connectivity index (χ1) is 10.4. The van der Waals surface area contributed by atoms with Crippen molar-refractivity contribution in [2.75, 3.05) is 0 Å². The van der Waals surface area contributed by atoms with E-state index in [4.69, 9.17) is 0 Å². The van der Waals surface area contributed by atoms with E-state index in [1.165, 1.54) is 4.88 Å². The predicted molar refractivity (Wildman–Crippen MR) is 89.1 cm³/mol. The second-order valence-electron chi connectivity index (χ2n) is 5.64. The summed E-state index contributed by atoms with van der Waals surface area (Å²) in [7, 11) is 0. The summed E-state index contributed by atoms with van der Waals surface area (Å²) in [4.78, 5) is 18.0. The zero-order chi connectivity index (χ0) is 16.3. The van der Waals surface area contributed by atoms with Gasteiger partial charge in [-0.15, -0.1) is 11.3 Å². The van der Waals surface area contributed by atoms with Crippen molar-refractivity contribution in [1.82, 2.24) is 20.5 Å². The molecule has 0 aliphatic rings. The van der Waals surface area contributed by atoms with E-state index in [2.05, 4.69) is 34.3 Å². The average molecular weight is 320 g/mol. The van der Waals surface area contributed by atoms with Gasteiger partial charge in [-0.3, -0.25) is 9.89 Å². The van der Waals surface area contributed by atoms with Gasteiger partial charge in [-0.2, -0.15) is 5.10 Å². The molecular formula is C16H24N4OS. The topological polar surface area (TPSA) is 70.7 Å². The number of aromatic amines is 1. The first-order valence-electron chi connectivity index (χ1n) is 7.66. The molecule has 0 saturated carbocycles. The van der Waals surface area contributed by atoms with Crippen LogP contribution in [0.15, 0.2) is 0 Å². The lowest BCUT2D eigenvalue weighted by Gasteiger charge is -2.14. The average Bonchev–Trinajstić information content (AvgIpc) is 2.98. The molecule has 2 N–H and O–H groups in total. The van der Waals surface area contributed by atoms with Crippen molar-refractivity contribution < 1.29 is 4.79 Å². The second kappa shape index (κ2) is 7.05. The van der Waals surface area contributed by atoms with Crippen LogP contribution in [0.2, 0.25) is 0 Å². The van der Waals surface area contributed by atoms with Gasteiger partial charge < -0.3 is 5.32 Å². The summed E-state index contributed by atoms with van der Waals surface area (Å²) >= 11 is 1.67. The summed E-state index contributed by atoms with van der Waals surface area (Å²) in [5.41, 5.74) is 4.23. The summed E-state index contributed by atoms with van der Waals surface area (Å²) < 4.78 is 0. The number of nitrogens with zero attached hydrogens (tertiary/aromatic N) is 2. The molecule has 0 aliphatic carbocycles. The van der Waals surface area contributed by atoms with Crippen molar-refractivity contribution in [3.05, 3.63) is 32.5 Å². The Bertz CT molecular complexity index is 640. The van der Waals surface area contributed by atoms with Crippen molar-refractivity contribution >= 4 is 17.2 Å². The van der Waals surface area contributed by atoms with Crippen LogP contribution in [0, 0.1) is 27.7 Å². The zero-order valence-corrected chi connectivity index (χ0v) is 14.7. The monoisotopic (exact) mass is 320 g/mol. The van der Waals surface area contributed by atoms with E-state index in [1.807, 2.05) is 20.8 Å². The Kier molecular flexibility index (Phi) is 5.34. The maximum absolute atomic E-state index is 12.2. The first kappa shape index (κ1) is 16.7. The molecule has 5 nitrogen and oxygen atoms in total. The molecule has 0 aromatic carbocycles. The lowest BCUT2D eigenvalue weighted by Crippen LogP contribution is -2.28. The summed E-state index contributed by atoms with van der Waals surface area (Å²) in [6.45, 7) is 10.2. The lowest BCUT2D eigenvalue weighted by molar-refractivity contribution is -0.121. The molecule has 22 heavy (non-hydrogen) atoms. The largest absolute Gasteiger partial charge is 0.347 e. The maximum Gasteiger partial charge on any atom is 0.220 e. The van der Waals surface area contributed by atoms with E-state index >= 15 is 0 Å². The molecule has 2 aromatic heterocycles. The van der Waals surface area contributed by atoms with Gasteiger partial charge in [0.1, 0.15) is 5.01 Å². The number of amides is 1. The number of carbonyl (C=O) groups is 1. The third-order valence-corrected chi connectivity index (χ3v) is 5.22. The summed E-state index contributed by atoms with van der Waals surface area (Å²) in [5.74, 6) is 0.0532. The van der Waals surface area contributed by atoms with Crippen LogP contribution < -0.4 is 5.32 Å². The third kappa shape index (κ3) is 3.74. The Morgan fingerprint density at radius 1 is 1.32 bits per heavy atom. The summed E-state index contributed by atoms with van der Waals surface area (Å²) in [6.07, 6.45) is 1.96. The Hall–Kier alpha value is -1.69. The Morgan fingerprint density at radius 2 is 2.05 bits per heavy atom. The number of nitrogens with one attached hydrogen (secondary N) is 2. The van der Waals surface area contributed by atoms with Crippen LogP contribution >= 0.6 is 11.3 Å². The standard InChI is InChI=1S/C16H24N4OS/c1-6-13(16-17-11(4)12(5)22-16)18-15(21)8-7-14-9(2)10(3)19-20-14/h13H,6-8H2,1-5H3,(H,18,21)(H,19,20)/t13-/m0/s1. The quantitative estimate of drug-likeness (QED) is 0.858. The maximum atomic E-state index is 12.2. The van der Waals surface area contributed by atoms with E-state index in [-0.39, 0.29) is 11.9 Å². The molecule has 0 radical (unpaired) electrons. The van der Waals surface area contributed by atoms with Gasteiger partial charge in [-0.25, -0.2) is 4.98 Å². The van der Waals surface area contributed by atoms with Gasteiger partial charge in [-0.1, -0.05) is 6.92 Å². The first-order valence-corrected chi connectivity index (χ1v) is 8.47. The number of aromatic nitrogens is 3. The highest BCUT2D eigenvalue weighted by molar-refractivity contribution is 7.11. The van der Waals surface area contributed by atoms with Crippen LogP contribution in [0.5, 0.6) is 0 Å². The van der Waals surface area contributed by atoms with Crippen molar-refractivity contribution in [1.29, 1.82) is 0 Å². The Morgan fingerprint density at radius 3 is 2.55 bits per heavy atom. The lowest BCUT2D eigenvalue weighted by atomic mass is 10.1. The molecule has 0 fully saturated rings. The van der Waals surface area contributed by atoms with Crippen LogP contribution in [0.25, 0.3) is 0 Å². The van der Waals surface area contributed by atoms with Gasteiger partial charge >= 0.3 is 0 Å². The van der Waals surface area contributed by atoms with Gasteiger partial charge in [0.05, 0.1) is 17.4 Å². The van der Waals surface area contributed by atoms with E-state index in [1.54, 1.807) is 11.3 Å². The SMILES string of the molecule is CC[C@H](NC(=O)CCc1n[nH]c(C)c1C)c1nc(C)c(C)s1. The summed E-state index contributed by atoms with van der Waals surface area (Å²) in [5, 5.41) is 11.3. The van der Waals surface area contributed by atoms with E-state index in [9.17, 15) is 4.79 Å². The second-order valence-corrected chi connectivity index (χ2v) is 6.88. The molecule has 1 amide bonds. The number of hydrogen-bond acceptors (Lipinski definition) is 4. The van der Waals surface area contributed by atoms with E-state index in [0.29, 0.717) is 12.8 Å². The molecule has 0 bridgehead atoms. The minimum absolute atomic E-state index is 0.00640. The van der Waals surface area contributed by atoms with Crippen LogP contribution in [0.1, 0.15) is 58.3 Å². The molecular weight excluding hydrogens is 296 g/mol. The van der Waals surface area contributed by atoms with Gasteiger partial charge in [0.15, 0.2) is 0 Å². The number of hydrogen-bond donors (Lipinski definition) is 2. The highest BCUT2D eigenvalue weighted by atomic mass is 32.1. The van der Waals surface area contributed by atoms with Gasteiger partial charge in [-0.05, 0) is 39.7 Å². The van der Waals surface area contributed by atoms with Crippen molar-refractivity contribution in [2.24, 2.45) is 0 Å². The van der Waals surface area contributed by atoms with Crippen molar-refractivity contribution in [3.63, 3.8) is 0 Å². The fourth-order valence-corrected chi connectivity index (χ4v) is 3.32. The smallest absolute Gasteiger partial charge is 0.220 e. The van der Waals surface area contributed by atoms with E-state index in [0.717, 1.165) is 34.1 Å². The highest BCUT2D eigenvalue weighted by Gasteiger charge is 2.17. The normalized spacial score (nSPS) is 12.4. The zero-order valence-electron chi connectivity index (χ0n) is 13.9. The van der Waals surface area contributed by atoms with Gasteiger partial charge in [0, 0.05) is 23.4 Å². The number of thiazole rings is 1. The van der Waals surface area contributed by atoms with Crippen LogP contribution in [-0.2, 0) is 11.2 Å². The van der Waals surface area contributed by atoms with Crippen LogP contribution in [0.4, 0.5) is 0 Å². The minimum atomic E-state index is 0.00640. The molecule has 0 spiro atoms. The van der Waals surface area contributed by atoms with Gasteiger partial charge in [0.25, 0.3) is 0 Å². The molecule has 2 rings (SSSR count). The minimum Gasteiger partial charge on any atom is -0.347 e. The number of rotatable bonds is 6. The van der Waals surface area contributed by atoms with E-state index < -0.39 is 0 Å². The fraction of sp³-hybridized carbons (Fsp3) is 0.562. The third-order valence-electron chi connectivity index (χ3n) is 4.03. The molecule has 2 heterocycles. The molecule has 6 heteroatoms. The Labute approximate surface area is 135 Å². The van der Waals surface area contributed by atoms with Crippen LogP contribution in [0.3, 0.4) is 0 Å². The molecule has 2 aromatic rings. The molecule has 0 aliphatic heterocycles. The van der Waals surface area contributed by atoms with Gasteiger partial charge in [0.2, 0.25) is 5.91 Å². The highest BCUT2D eigenvalue weighted by Crippen LogP contribution is 2.25. The Balaban J connectivity index is 1.93. The predicted octanol–water partition coefficient (Wildman–Crippen LogP) is 3.30. The molecule has 0 saturated heterocycles. The van der Waals surface area contributed by atoms with Crippen molar-refractivity contribution in [3.8, 4) is 0 Å².